The summed E-state index contributed by atoms with van der Waals surface area (Å²) in [6.45, 7) is 3.50. The molecule has 0 aromatic heterocycles. The minimum Gasteiger partial charge on any atom is -0.392 e. The Bertz CT molecular complexity index is 739. The third kappa shape index (κ3) is 3.25. The molecule has 0 spiro atoms. The van der Waals surface area contributed by atoms with E-state index in [1.165, 1.54) is 0 Å². The van der Waals surface area contributed by atoms with Gasteiger partial charge in [-0.1, -0.05) is 37.3 Å². The van der Waals surface area contributed by atoms with Crippen molar-refractivity contribution in [1.82, 2.24) is 0 Å². The maximum atomic E-state index is 12.6. The molecule has 0 aliphatic rings. The summed E-state index contributed by atoms with van der Waals surface area (Å²) in [4.78, 5) is 0.194. The van der Waals surface area contributed by atoms with Crippen LogP contribution in [0, 0.1) is 6.92 Å². The predicted molar refractivity (Wildman–Crippen MR) is 83.7 cm³/mol. The van der Waals surface area contributed by atoms with Gasteiger partial charge in [0.1, 0.15) is 0 Å². The van der Waals surface area contributed by atoms with Gasteiger partial charge in [0.2, 0.25) is 0 Å². The smallest absolute Gasteiger partial charge is 0.262 e. The number of rotatable bonds is 5. The van der Waals surface area contributed by atoms with E-state index in [1.807, 2.05) is 19.1 Å². The highest BCUT2D eigenvalue weighted by Gasteiger charge is 2.19. The summed E-state index contributed by atoms with van der Waals surface area (Å²) >= 11 is 0. The molecular weight excluding hydrogens is 286 g/mol. The van der Waals surface area contributed by atoms with Crippen LogP contribution in [0.1, 0.15) is 23.6 Å². The van der Waals surface area contributed by atoms with Crippen molar-refractivity contribution in [3.63, 3.8) is 0 Å². The molecular formula is C16H19NO3S. The third-order valence-electron chi connectivity index (χ3n) is 3.50. The summed E-state index contributed by atoms with van der Waals surface area (Å²) in [5.74, 6) is 0. The van der Waals surface area contributed by atoms with Gasteiger partial charge in [-0.15, -0.1) is 0 Å². The van der Waals surface area contributed by atoms with E-state index in [0.717, 1.165) is 12.0 Å². The maximum absolute atomic E-state index is 12.6. The first kappa shape index (κ1) is 15.5. The standard InChI is InChI=1S/C16H19NO3S/c1-3-13-7-4-5-9-15(13)17-21(19,20)16-10-6-8-14(11-18)12(16)2/h4-10,17-18H,3,11H2,1-2H3. The minimum absolute atomic E-state index is 0.180. The van der Waals surface area contributed by atoms with Crippen LogP contribution in [0.2, 0.25) is 0 Å². The monoisotopic (exact) mass is 305 g/mol. The number of benzene rings is 2. The second-order valence-electron chi connectivity index (χ2n) is 4.81. The van der Waals surface area contributed by atoms with Gasteiger partial charge in [-0.3, -0.25) is 4.72 Å². The Kier molecular flexibility index (Phi) is 4.65. The molecule has 0 aliphatic heterocycles. The van der Waals surface area contributed by atoms with Gasteiger partial charge in [0.25, 0.3) is 10.0 Å². The van der Waals surface area contributed by atoms with E-state index in [1.54, 1.807) is 37.3 Å². The first-order chi connectivity index (χ1) is 9.99. The highest BCUT2D eigenvalue weighted by atomic mass is 32.2. The largest absolute Gasteiger partial charge is 0.392 e. The zero-order valence-corrected chi connectivity index (χ0v) is 12.9. The lowest BCUT2D eigenvalue weighted by Gasteiger charge is -2.14. The second kappa shape index (κ2) is 6.28. The van der Waals surface area contributed by atoms with Gasteiger partial charge >= 0.3 is 0 Å². The van der Waals surface area contributed by atoms with E-state index < -0.39 is 10.0 Å². The Labute approximate surface area is 125 Å². The lowest BCUT2D eigenvalue weighted by molar-refractivity contribution is 0.280. The number of aryl methyl sites for hydroxylation is 1. The van der Waals surface area contributed by atoms with Crippen molar-refractivity contribution in [2.75, 3.05) is 4.72 Å². The normalized spacial score (nSPS) is 11.4. The quantitative estimate of drug-likeness (QED) is 0.892. The van der Waals surface area contributed by atoms with E-state index in [0.29, 0.717) is 16.8 Å². The molecule has 0 unspecified atom stereocenters. The molecule has 112 valence electrons. The minimum atomic E-state index is -3.67. The van der Waals surface area contributed by atoms with Crippen molar-refractivity contribution in [2.45, 2.75) is 31.8 Å². The zero-order valence-electron chi connectivity index (χ0n) is 12.1. The fraction of sp³-hybridized carbons (Fsp3) is 0.250. The van der Waals surface area contributed by atoms with Crippen LogP contribution in [-0.2, 0) is 23.1 Å². The van der Waals surface area contributed by atoms with Gasteiger partial charge in [0.15, 0.2) is 0 Å². The molecule has 4 nitrogen and oxygen atoms in total. The average molecular weight is 305 g/mol. The summed E-state index contributed by atoms with van der Waals surface area (Å²) in [5, 5.41) is 9.27. The van der Waals surface area contributed by atoms with E-state index in [2.05, 4.69) is 4.72 Å². The van der Waals surface area contributed by atoms with Gasteiger partial charge in [-0.05, 0) is 42.2 Å². The molecule has 21 heavy (non-hydrogen) atoms. The fourth-order valence-corrected chi connectivity index (χ4v) is 3.64. The third-order valence-corrected chi connectivity index (χ3v) is 5.01. The predicted octanol–water partition coefficient (Wildman–Crippen LogP) is 2.85. The summed E-state index contributed by atoms with van der Waals surface area (Å²) in [6.07, 6.45) is 0.744. The Morgan fingerprint density at radius 2 is 1.71 bits per heavy atom. The number of nitrogens with one attached hydrogen (secondary N) is 1. The molecule has 0 fully saturated rings. The lowest BCUT2D eigenvalue weighted by atomic mass is 10.1. The molecule has 0 amide bonds. The molecule has 0 radical (unpaired) electrons. The Hall–Kier alpha value is -1.85. The number of anilines is 1. The first-order valence-electron chi connectivity index (χ1n) is 6.79. The van der Waals surface area contributed by atoms with Gasteiger partial charge < -0.3 is 5.11 Å². The summed E-state index contributed by atoms with van der Waals surface area (Å²) < 4.78 is 27.8. The molecule has 2 aromatic rings. The van der Waals surface area contributed by atoms with Gasteiger partial charge in [-0.2, -0.15) is 0 Å². The SMILES string of the molecule is CCc1ccccc1NS(=O)(=O)c1cccc(CO)c1C. The zero-order chi connectivity index (χ0) is 15.5. The van der Waals surface area contributed by atoms with Crippen LogP contribution in [-0.4, -0.2) is 13.5 Å². The van der Waals surface area contributed by atoms with Crippen LogP contribution in [0.15, 0.2) is 47.4 Å². The number of aliphatic hydroxyl groups excluding tert-OH is 1. The summed E-state index contributed by atoms with van der Waals surface area (Å²) in [7, 11) is -3.67. The van der Waals surface area contributed by atoms with Crippen LogP contribution in [0.3, 0.4) is 0 Å². The molecule has 2 rings (SSSR count). The Balaban J connectivity index is 2.44. The second-order valence-corrected chi connectivity index (χ2v) is 6.47. The van der Waals surface area contributed by atoms with Crippen molar-refractivity contribution >= 4 is 15.7 Å². The van der Waals surface area contributed by atoms with Crippen molar-refractivity contribution in [3.05, 3.63) is 59.2 Å². The molecule has 0 bridgehead atoms. The van der Waals surface area contributed by atoms with Crippen LogP contribution in [0.25, 0.3) is 0 Å². The first-order valence-corrected chi connectivity index (χ1v) is 8.28. The van der Waals surface area contributed by atoms with Crippen molar-refractivity contribution < 1.29 is 13.5 Å². The number of sulfonamides is 1. The molecule has 2 N–H and O–H groups in total. The Morgan fingerprint density at radius 1 is 1.05 bits per heavy atom. The molecule has 0 saturated carbocycles. The van der Waals surface area contributed by atoms with E-state index in [-0.39, 0.29) is 11.5 Å². The Morgan fingerprint density at radius 3 is 2.38 bits per heavy atom. The van der Waals surface area contributed by atoms with Crippen molar-refractivity contribution in [1.29, 1.82) is 0 Å². The van der Waals surface area contributed by atoms with Crippen LogP contribution in [0.5, 0.6) is 0 Å². The van der Waals surface area contributed by atoms with Crippen molar-refractivity contribution in [2.24, 2.45) is 0 Å². The van der Waals surface area contributed by atoms with Crippen LogP contribution in [0.4, 0.5) is 5.69 Å². The highest BCUT2D eigenvalue weighted by molar-refractivity contribution is 7.92. The molecule has 5 heteroatoms. The molecule has 0 saturated heterocycles. The maximum Gasteiger partial charge on any atom is 0.262 e. The number of aliphatic hydroxyl groups is 1. The number of para-hydroxylation sites is 1. The van der Waals surface area contributed by atoms with Gasteiger partial charge in [0, 0.05) is 0 Å². The van der Waals surface area contributed by atoms with E-state index >= 15 is 0 Å². The van der Waals surface area contributed by atoms with E-state index in [9.17, 15) is 13.5 Å². The van der Waals surface area contributed by atoms with Gasteiger partial charge in [0.05, 0.1) is 17.2 Å². The molecule has 2 aromatic carbocycles. The summed E-state index contributed by atoms with van der Waals surface area (Å²) in [5.41, 5.74) is 2.72. The van der Waals surface area contributed by atoms with Crippen molar-refractivity contribution in [3.8, 4) is 0 Å². The average Bonchev–Trinajstić information content (AvgIpc) is 2.47. The van der Waals surface area contributed by atoms with Gasteiger partial charge in [-0.25, -0.2) is 8.42 Å². The number of hydrogen-bond donors (Lipinski definition) is 2. The molecule has 0 atom stereocenters. The molecule has 0 heterocycles. The molecule has 0 aliphatic carbocycles. The van der Waals surface area contributed by atoms with Crippen LogP contribution >= 0.6 is 0 Å². The highest BCUT2D eigenvalue weighted by Crippen LogP contribution is 2.24. The number of hydrogen-bond acceptors (Lipinski definition) is 3. The van der Waals surface area contributed by atoms with E-state index in [4.69, 9.17) is 0 Å². The topological polar surface area (TPSA) is 66.4 Å². The van der Waals surface area contributed by atoms with Crippen LogP contribution < -0.4 is 4.72 Å². The lowest BCUT2D eigenvalue weighted by Crippen LogP contribution is -2.16. The summed E-state index contributed by atoms with van der Waals surface area (Å²) in [6, 6.07) is 12.2. The fourth-order valence-electron chi connectivity index (χ4n) is 2.25.